The van der Waals surface area contributed by atoms with E-state index in [-0.39, 0.29) is 11.0 Å². The van der Waals surface area contributed by atoms with Crippen LogP contribution in [0.1, 0.15) is 26.3 Å². The molecule has 0 saturated carbocycles. The van der Waals surface area contributed by atoms with E-state index in [4.69, 9.17) is 23.8 Å². The highest BCUT2D eigenvalue weighted by atomic mass is 79.9. The van der Waals surface area contributed by atoms with E-state index in [1.165, 1.54) is 0 Å². The summed E-state index contributed by atoms with van der Waals surface area (Å²) in [5.41, 5.74) is 6.78. The molecule has 0 aromatic heterocycles. The maximum absolute atomic E-state index is 12.0. The molecule has 0 aliphatic heterocycles. The maximum Gasteiger partial charge on any atom is 0.269 e. The summed E-state index contributed by atoms with van der Waals surface area (Å²) >= 11 is 14.1. The fourth-order valence-electron chi connectivity index (χ4n) is 1.73. The lowest BCUT2D eigenvalue weighted by molar-refractivity contribution is 0.0934. The van der Waals surface area contributed by atoms with Crippen molar-refractivity contribution in [3.63, 3.8) is 0 Å². The molecule has 0 spiro atoms. The van der Waals surface area contributed by atoms with Gasteiger partial charge in [-0.05, 0) is 61.1 Å². The Morgan fingerprint density at radius 1 is 1.00 bits per heavy atom. The van der Waals surface area contributed by atoms with Crippen molar-refractivity contribution in [1.82, 2.24) is 16.2 Å². The van der Waals surface area contributed by atoms with Crippen molar-refractivity contribution < 1.29 is 9.59 Å². The number of rotatable bonds is 2. The van der Waals surface area contributed by atoms with Crippen LogP contribution < -0.4 is 16.2 Å². The van der Waals surface area contributed by atoms with Gasteiger partial charge in [-0.25, -0.2) is 0 Å². The Hall–Kier alpha value is -1.96. The molecular weight excluding hydrogens is 414 g/mol. The molecule has 0 bridgehead atoms. The van der Waals surface area contributed by atoms with Crippen molar-refractivity contribution >= 4 is 56.7 Å². The van der Waals surface area contributed by atoms with Crippen molar-refractivity contribution in [1.29, 1.82) is 0 Å². The highest BCUT2D eigenvalue weighted by Gasteiger charge is 2.10. The smallest absolute Gasteiger partial charge is 0.269 e. The Balaban J connectivity index is 1.88. The van der Waals surface area contributed by atoms with E-state index >= 15 is 0 Å². The van der Waals surface area contributed by atoms with E-state index < -0.39 is 5.91 Å². The van der Waals surface area contributed by atoms with Crippen LogP contribution in [-0.4, -0.2) is 16.9 Å². The minimum atomic E-state index is -0.406. The summed E-state index contributed by atoms with van der Waals surface area (Å²) in [5, 5.41) is 2.97. The number of hydrogen-bond donors (Lipinski definition) is 3. The first-order chi connectivity index (χ1) is 11.4. The number of benzene rings is 2. The average Bonchev–Trinajstić information content (AvgIpc) is 2.55. The molecule has 0 heterocycles. The van der Waals surface area contributed by atoms with Gasteiger partial charge < -0.3 is 0 Å². The third-order valence-corrected chi connectivity index (χ3v) is 4.37. The van der Waals surface area contributed by atoms with Gasteiger partial charge >= 0.3 is 0 Å². The van der Waals surface area contributed by atoms with Gasteiger partial charge in [0.2, 0.25) is 0 Å². The maximum atomic E-state index is 12.0. The topological polar surface area (TPSA) is 70.2 Å². The summed E-state index contributed by atoms with van der Waals surface area (Å²) in [6, 6.07) is 11.5. The lowest BCUT2D eigenvalue weighted by Crippen LogP contribution is -2.48. The van der Waals surface area contributed by atoms with Crippen LogP contribution in [0.15, 0.2) is 46.9 Å². The molecule has 8 heteroatoms. The van der Waals surface area contributed by atoms with Gasteiger partial charge in [-0.1, -0.05) is 33.6 Å². The molecule has 0 radical (unpaired) electrons. The first-order valence-electron chi connectivity index (χ1n) is 6.80. The zero-order chi connectivity index (χ0) is 17.7. The zero-order valence-electron chi connectivity index (χ0n) is 12.5. The molecule has 0 saturated heterocycles. The summed E-state index contributed by atoms with van der Waals surface area (Å²) in [6.07, 6.45) is 0. The number of carbonyl (C=O) groups excluding carboxylic acids is 2. The van der Waals surface area contributed by atoms with Gasteiger partial charge in [0.25, 0.3) is 11.8 Å². The van der Waals surface area contributed by atoms with E-state index in [1.54, 1.807) is 36.4 Å². The molecule has 24 heavy (non-hydrogen) atoms. The second-order valence-corrected chi connectivity index (χ2v) is 6.53. The molecule has 0 aliphatic carbocycles. The predicted molar refractivity (Wildman–Crippen MR) is 101 cm³/mol. The number of halogens is 2. The number of thiocarbonyl (C=S) groups is 1. The third-order valence-electron chi connectivity index (χ3n) is 3.06. The van der Waals surface area contributed by atoms with Gasteiger partial charge in [-0.2, -0.15) is 0 Å². The van der Waals surface area contributed by atoms with E-state index in [1.807, 2.05) is 13.0 Å². The third kappa shape index (κ3) is 5.02. The van der Waals surface area contributed by atoms with E-state index in [9.17, 15) is 9.59 Å². The molecule has 3 N–H and O–H groups in total. The predicted octanol–water partition coefficient (Wildman–Crippen LogP) is 3.36. The molecule has 2 aromatic rings. The van der Waals surface area contributed by atoms with Crippen molar-refractivity contribution in [2.45, 2.75) is 6.92 Å². The van der Waals surface area contributed by atoms with Crippen molar-refractivity contribution in [2.75, 3.05) is 0 Å². The van der Waals surface area contributed by atoms with Crippen LogP contribution in [0.4, 0.5) is 0 Å². The highest BCUT2D eigenvalue weighted by molar-refractivity contribution is 9.10. The standard InChI is InChI=1S/C16H13BrClN3O2S/c1-9-2-3-11(8-13(9)17)15(23)20-21-16(24)19-14(22)10-4-6-12(18)7-5-10/h2-8H,1H3,(H,20,23)(H2,19,21,22,24). The van der Waals surface area contributed by atoms with E-state index in [2.05, 4.69) is 32.1 Å². The average molecular weight is 427 g/mol. The van der Waals surface area contributed by atoms with Crippen molar-refractivity contribution in [3.8, 4) is 0 Å². The number of amides is 2. The zero-order valence-corrected chi connectivity index (χ0v) is 15.7. The molecule has 2 amide bonds. The Labute approximate surface area is 157 Å². The van der Waals surface area contributed by atoms with Crippen LogP contribution in [0, 0.1) is 6.92 Å². The quantitative estimate of drug-likeness (QED) is 0.509. The second-order valence-electron chi connectivity index (χ2n) is 4.83. The van der Waals surface area contributed by atoms with Gasteiger partial charge in [0.05, 0.1) is 0 Å². The molecule has 0 aliphatic rings. The summed E-state index contributed by atoms with van der Waals surface area (Å²) < 4.78 is 0.828. The van der Waals surface area contributed by atoms with Crippen LogP contribution in [0.5, 0.6) is 0 Å². The first kappa shape index (κ1) is 18.4. The molecule has 2 aromatic carbocycles. The summed E-state index contributed by atoms with van der Waals surface area (Å²) in [7, 11) is 0. The molecule has 2 rings (SSSR count). The number of hydrogen-bond acceptors (Lipinski definition) is 3. The van der Waals surface area contributed by atoms with Gasteiger partial charge in [-0.15, -0.1) is 0 Å². The Morgan fingerprint density at radius 3 is 2.25 bits per heavy atom. The first-order valence-corrected chi connectivity index (χ1v) is 8.38. The molecule has 0 atom stereocenters. The fraction of sp³-hybridized carbons (Fsp3) is 0.0625. The molecule has 0 fully saturated rings. The minimum Gasteiger partial charge on any atom is -0.298 e. The number of aryl methyl sites for hydroxylation is 1. The van der Waals surface area contributed by atoms with Crippen LogP contribution in [0.2, 0.25) is 5.02 Å². The number of hydrazine groups is 1. The number of nitrogens with one attached hydrogen (secondary N) is 3. The lowest BCUT2D eigenvalue weighted by atomic mass is 10.1. The Kier molecular flexibility index (Phi) is 6.30. The van der Waals surface area contributed by atoms with Crippen LogP contribution in [0.25, 0.3) is 0 Å². The van der Waals surface area contributed by atoms with Crippen LogP contribution >= 0.6 is 39.7 Å². The SMILES string of the molecule is Cc1ccc(C(=O)NNC(=S)NC(=O)c2ccc(Cl)cc2)cc1Br. The van der Waals surface area contributed by atoms with Gasteiger partial charge in [0.1, 0.15) is 0 Å². The summed E-state index contributed by atoms with van der Waals surface area (Å²) in [4.78, 5) is 24.0. The summed E-state index contributed by atoms with van der Waals surface area (Å²) in [6.45, 7) is 1.92. The minimum absolute atomic E-state index is 0.0190. The molecule has 0 unspecified atom stereocenters. The second kappa shape index (κ2) is 8.23. The molecule has 5 nitrogen and oxygen atoms in total. The van der Waals surface area contributed by atoms with Gasteiger partial charge in [0, 0.05) is 20.6 Å². The van der Waals surface area contributed by atoms with E-state index in [0.29, 0.717) is 16.1 Å². The Bertz CT molecular complexity index is 796. The van der Waals surface area contributed by atoms with Crippen LogP contribution in [-0.2, 0) is 0 Å². The van der Waals surface area contributed by atoms with Crippen LogP contribution in [0.3, 0.4) is 0 Å². The molecular formula is C16H13BrClN3O2S. The van der Waals surface area contributed by atoms with Gasteiger partial charge in [0.15, 0.2) is 5.11 Å². The normalized spacial score (nSPS) is 9.96. The lowest BCUT2D eigenvalue weighted by Gasteiger charge is -2.11. The molecule has 124 valence electrons. The summed E-state index contributed by atoms with van der Waals surface area (Å²) in [5.74, 6) is -0.782. The fourth-order valence-corrected chi connectivity index (χ4v) is 2.38. The number of carbonyl (C=O) groups is 2. The monoisotopic (exact) mass is 425 g/mol. The van der Waals surface area contributed by atoms with Crippen molar-refractivity contribution in [2.24, 2.45) is 0 Å². The highest BCUT2D eigenvalue weighted by Crippen LogP contribution is 2.17. The van der Waals surface area contributed by atoms with Gasteiger partial charge in [-0.3, -0.25) is 25.8 Å². The Morgan fingerprint density at radius 2 is 1.62 bits per heavy atom. The van der Waals surface area contributed by atoms with E-state index in [0.717, 1.165) is 10.0 Å². The van der Waals surface area contributed by atoms with Crippen molar-refractivity contribution in [3.05, 3.63) is 68.7 Å². The largest absolute Gasteiger partial charge is 0.298 e.